The molecule has 2 aliphatic rings. The van der Waals surface area contributed by atoms with Crippen LogP contribution in [0.3, 0.4) is 0 Å². The number of piperazine rings is 1. The molecule has 2 fully saturated rings. The van der Waals surface area contributed by atoms with E-state index in [4.69, 9.17) is 14.0 Å². The van der Waals surface area contributed by atoms with Gasteiger partial charge in [0.25, 0.3) is 0 Å². The number of benzene rings is 2. The van der Waals surface area contributed by atoms with Gasteiger partial charge >= 0.3 is 0 Å². The molecule has 0 radical (unpaired) electrons. The van der Waals surface area contributed by atoms with Crippen molar-refractivity contribution in [3.8, 4) is 22.8 Å². The van der Waals surface area contributed by atoms with Gasteiger partial charge in [0.2, 0.25) is 5.91 Å². The largest absolute Gasteiger partial charge is 0.493 e. The number of ether oxygens (including phenoxy) is 2. The molecule has 1 saturated heterocycles. The highest BCUT2D eigenvalue weighted by molar-refractivity contribution is 5.91. The summed E-state index contributed by atoms with van der Waals surface area (Å²) >= 11 is 0. The third-order valence-electron chi connectivity index (χ3n) is 6.96. The Balaban J connectivity index is 1.20. The Morgan fingerprint density at radius 1 is 1.00 bits per heavy atom. The monoisotopic (exact) mass is 473 g/mol. The molecule has 1 aliphatic carbocycles. The lowest BCUT2D eigenvalue weighted by Gasteiger charge is -2.35. The SMILES string of the molecule is COc1ccc(-c2cc(C3(C(=O)N4CCN(C/C=C/c5ccccc5)CC4)CC3)no2)cc1OC. The van der Waals surface area contributed by atoms with Crippen LogP contribution in [0.2, 0.25) is 0 Å². The molecule has 7 heteroatoms. The Kier molecular flexibility index (Phi) is 6.59. The molecular weight excluding hydrogens is 442 g/mol. The van der Waals surface area contributed by atoms with Crippen molar-refractivity contribution in [3.63, 3.8) is 0 Å². The molecule has 3 aromatic rings. The van der Waals surface area contributed by atoms with Crippen LogP contribution in [0.5, 0.6) is 11.5 Å². The number of rotatable bonds is 8. The van der Waals surface area contributed by atoms with E-state index in [1.807, 2.05) is 47.4 Å². The number of hydrogen-bond donors (Lipinski definition) is 0. The smallest absolute Gasteiger partial charge is 0.235 e. The summed E-state index contributed by atoms with van der Waals surface area (Å²) < 4.78 is 16.4. The fraction of sp³-hybridized carbons (Fsp3) is 0.357. The Labute approximate surface area is 205 Å². The van der Waals surface area contributed by atoms with E-state index >= 15 is 0 Å². The zero-order chi connectivity index (χ0) is 24.3. The van der Waals surface area contributed by atoms with E-state index in [9.17, 15) is 4.79 Å². The zero-order valence-corrected chi connectivity index (χ0v) is 20.3. The standard InChI is InChI=1S/C28H31N3O4/c1-33-23-11-10-22(19-25(23)34-2)24-20-26(29-35-24)28(12-13-28)27(32)31-17-15-30(16-18-31)14-6-9-21-7-4-3-5-8-21/h3-11,19-20H,12-18H2,1-2H3/b9-6+. The molecular formula is C28H31N3O4. The van der Waals surface area contributed by atoms with Crippen LogP contribution in [-0.4, -0.2) is 67.8 Å². The molecule has 0 bridgehead atoms. The molecule has 0 spiro atoms. The van der Waals surface area contributed by atoms with Gasteiger partial charge < -0.3 is 18.9 Å². The molecule has 0 atom stereocenters. The number of amides is 1. The maximum Gasteiger partial charge on any atom is 0.235 e. The molecule has 182 valence electrons. The van der Waals surface area contributed by atoms with Crippen LogP contribution in [0.15, 0.2) is 65.2 Å². The van der Waals surface area contributed by atoms with Gasteiger partial charge in [0.05, 0.1) is 25.3 Å². The lowest BCUT2D eigenvalue weighted by atomic mass is 9.99. The minimum absolute atomic E-state index is 0.170. The predicted molar refractivity (Wildman–Crippen MR) is 134 cm³/mol. The Morgan fingerprint density at radius 3 is 2.43 bits per heavy atom. The number of carbonyl (C=O) groups is 1. The first-order valence-corrected chi connectivity index (χ1v) is 12.1. The van der Waals surface area contributed by atoms with E-state index in [1.165, 1.54) is 5.56 Å². The van der Waals surface area contributed by atoms with Crippen LogP contribution < -0.4 is 9.47 Å². The average molecular weight is 474 g/mol. The summed E-state index contributed by atoms with van der Waals surface area (Å²) in [6.07, 6.45) is 5.96. The zero-order valence-electron chi connectivity index (χ0n) is 20.3. The fourth-order valence-corrected chi connectivity index (χ4v) is 4.67. The first-order valence-electron chi connectivity index (χ1n) is 12.1. The van der Waals surface area contributed by atoms with Gasteiger partial charge in [-0.2, -0.15) is 0 Å². The Bertz CT molecular complexity index is 1190. The van der Waals surface area contributed by atoms with Gasteiger partial charge in [-0.25, -0.2) is 0 Å². The Morgan fingerprint density at radius 2 is 1.74 bits per heavy atom. The normalized spacial score (nSPS) is 17.5. The molecule has 5 rings (SSSR count). The summed E-state index contributed by atoms with van der Waals surface area (Å²) in [5.41, 5.74) is 2.22. The molecule has 7 nitrogen and oxygen atoms in total. The molecule has 0 N–H and O–H groups in total. The fourth-order valence-electron chi connectivity index (χ4n) is 4.67. The van der Waals surface area contributed by atoms with E-state index in [-0.39, 0.29) is 5.91 Å². The highest BCUT2D eigenvalue weighted by Crippen LogP contribution is 2.50. The van der Waals surface area contributed by atoms with Crippen molar-refractivity contribution >= 4 is 12.0 Å². The van der Waals surface area contributed by atoms with Crippen molar-refractivity contribution in [2.45, 2.75) is 18.3 Å². The summed E-state index contributed by atoms with van der Waals surface area (Å²) in [7, 11) is 3.21. The van der Waals surface area contributed by atoms with Crippen molar-refractivity contribution in [2.75, 3.05) is 46.9 Å². The highest BCUT2D eigenvalue weighted by Gasteiger charge is 2.55. The van der Waals surface area contributed by atoms with E-state index in [1.54, 1.807) is 14.2 Å². The van der Waals surface area contributed by atoms with E-state index in [0.717, 1.165) is 56.8 Å². The molecule has 35 heavy (non-hydrogen) atoms. The lowest BCUT2D eigenvalue weighted by Crippen LogP contribution is -2.51. The van der Waals surface area contributed by atoms with Crippen molar-refractivity contribution in [1.29, 1.82) is 0 Å². The lowest BCUT2D eigenvalue weighted by molar-refractivity contribution is -0.135. The van der Waals surface area contributed by atoms with Gasteiger partial charge in [0.1, 0.15) is 0 Å². The van der Waals surface area contributed by atoms with Crippen LogP contribution in [0, 0.1) is 0 Å². The summed E-state index contributed by atoms with van der Waals surface area (Å²) in [6.45, 7) is 4.10. The third kappa shape index (κ3) is 4.82. The minimum Gasteiger partial charge on any atom is -0.493 e. The maximum absolute atomic E-state index is 13.5. The summed E-state index contributed by atoms with van der Waals surface area (Å²) in [5.74, 6) is 2.07. The van der Waals surface area contributed by atoms with E-state index in [0.29, 0.717) is 17.3 Å². The number of hydrogen-bond acceptors (Lipinski definition) is 6. The van der Waals surface area contributed by atoms with Gasteiger partial charge in [-0.15, -0.1) is 0 Å². The van der Waals surface area contributed by atoms with Gasteiger partial charge in [0.15, 0.2) is 17.3 Å². The van der Waals surface area contributed by atoms with E-state index < -0.39 is 5.41 Å². The highest BCUT2D eigenvalue weighted by atomic mass is 16.5. The Hall–Kier alpha value is -3.58. The molecule has 2 aromatic carbocycles. The molecule has 2 heterocycles. The number of aromatic nitrogens is 1. The van der Waals surface area contributed by atoms with Crippen molar-refractivity contribution < 1.29 is 18.8 Å². The first kappa shape index (κ1) is 23.2. The van der Waals surface area contributed by atoms with Gasteiger partial charge in [0, 0.05) is 44.4 Å². The van der Waals surface area contributed by atoms with Gasteiger partial charge in [-0.05, 0) is 36.6 Å². The first-order chi connectivity index (χ1) is 17.1. The number of nitrogens with zero attached hydrogens (tertiary/aromatic N) is 3. The number of carbonyl (C=O) groups excluding carboxylic acids is 1. The molecule has 1 aromatic heterocycles. The molecule has 1 amide bonds. The molecule has 1 saturated carbocycles. The van der Waals surface area contributed by atoms with Gasteiger partial charge in [-0.1, -0.05) is 47.6 Å². The van der Waals surface area contributed by atoms with Crippen LogP contribution in [-0.2, 0) is 10.2 Å². The second-order valence-electron chi connectivity index (χ2n) is 9.13. The predicted octanol–water partition coefficient (Wildman–Crippen LogP) is 4.25. The average Bonchev–Trinajstić information content (AvgIpc) is 3.57. The van der Waals surface area contributed by atoms with Crippen molar-refractivity contribution in [3.05, 3.63) is 71.9 Å². The van der Waals surface area contributed by atoms with Crippen LogP contribution in [0.1, 0.15) is 24.1 Å². The van der Waals surface area contributed by atoms with E-state index in [2.05, 4.69) is 34.3 Å². The maximum atomic E-state index is 13.5. The van der Waals surface area contributed by atoms with Crippen LogP contribution in [0.4, 0.5) is 0 Å². The summed E-state index contributed by atoms with van der Waals surface area (Å²) in [5, 5.41) is 4.31. The van der Waals surface area contributed by atoms with Crippen LogP contribution in [0.25, 0.3) is 17.4 Å². The second-order valence-corrected chi connectivity index (χ2v) is 9.13. The molecule has 0 unspecified atom stereocenters. The van der Waals surface area contributed by atoms with Crippen LogP contribution >= 0.6 is 0 Å². The second kappa shape index (κ2) is 9.96. The minimum atomic E-state index is -0.548. The van der Waals surface area contributed by atoms with Crippen molar-refractivity contribution in [2.24, 2.45) is 0 Å². The molecule has 1 aliphatic heterocycles. The van der Waals surface area contributed by atoms with Crippen molar-refractivity contribution in [1.82, 2.24) is 15.0 Å². The summed E-state index contributed by atoms with van der Waals surface area (Å²) in [6, 6.07) is 17.8. The number of methoxy groups -OCH3 is 2. The summed E-state index contributed by atoms with van der Waals surface area (Å²) in [4.78, 5) is 17.9. The quantitative estimate of drug-likeness (QED) is 0.487. The topological polar surface area (TPSA) is 68.0 Å². The third-order valence-corrected chi connectivity index (χ3v) is 6.96. The van der Waals surface area contributed by atoms with Gasteiger partial charge in [-0.3, -0.25) is 9.69 Å².